The van der Waals surface area contributed by atoms with Crippen molar-refractivity contribution in [2.24, 2.45) is 0 Å². The average Bonchev–Trinajstić information content (AvgIpc) is 3.38. The molecule has 0 bridgehead atoms. The Morgan fingerprint density at radius 3 is 2.49 bits per heavy atom. The third kappa shape index (κ3) is 5.96. The minimum Gasteiger partial charge on any atom is -0.490 e. The van der Waals surface area contributed by atoms with Gasteiger partial charge in [0.25, 0.3) is 5.91 Å². The molecule has 0 spiro atoms. The SMILES string of the molecule is Cc1ccc(CN(C)c2ccc3c(c2)C(=O)N(C)[C@H]2CC[C@@H](CC(=O)NC4Cc5ccccc5C4)O[C@H]2CO3)cc1. The fourth-order valence-corrected chi connectivity index (χ4v) is 6.47. The largest absolute Gasteiger partial charge is 0.490 e. The first-order valence-electron chi connectivity index (χ1n) is 14.7. The van der Waals surface area contributed by atoms with Gasteiger partial charge in [-0.1, -0.05) is 54.1 Å². The third-order valence-corrected chi connectivity index (χ3v) is 8.81. The number of rotatable bonds is 6. The Labute approximate surface area is 242 Å². The number of aryl methyl sites for hydroxylation is 1. The van der Waals surface area contributed by atoms with Crippen molar-refractivity contribution >= 4 is 17.5 Å². The van der Waals surface area contributed by atoms with E-state index in [-0.39, 0.29) is 36.1 Å². The predicted octanol–water partition coefficient (Wildman–Crippen LogP) is 4.69. The lowest BCUT2D eigenvalue weighted by atomic mass is 9.94. The molecular formula is C34H39N3O4. The number of fused-ring (bicyclic) bond motifs is 3. The first-order valence-corrected chi connectivity index (χ1v) is 14.7. The monoisotopic (exact) mass is 553 g/mol. The zero-order chi connectivity index (χ0) is 28.5. The Balaban J connectivity index is 1.08. The van der Waals surface area contributed by atoms with Gasteiger partial charge in [0.1, 0.15) is 18.5 Å². The van der Waals surface area contributed by atoms with E-state index in [1.165, 1.54) is 22.3 Å². The van der Waals surface area contributed by atoms with Crippen LogP contribution in [0.2, 0.25) is 0 Å². The maximum Gasteiger partial charge on any atom is 0.257 e. The molecule has 1 saturated heterocycles. The number of nitrogens with zero attached hydrogens (tertiary/aromatic N) is 2. The minimum absolute atomic E-state index is 0.0232. The van der Waals surface area contributed by atoms with Crippen LogP contribution in [0, 0.1) is 6.92 Å². The molecule has 2 heterocycles. The van der Waals surface area contributed by atoms with Gasteiger partial charge < -0.3 is 24.6 Å². The van der Waals surface area contributed by atoms with Gasteiger partial charge in [-0.3, -0.25) is 9.59 Å². The van der Waals surface area contributed by atoms with Gasteiger partial charge >= 0.3 is 0 Å². The Morgan fingerprint density at radius 2 is 1.76 bits per heavy atom. The number of anilines is 1. The zero-order valence-electron chi connectivity index (χ0n) is 24.1. The molecule has 1 aliphatic carbocycles. The van der Waals surface area contributed by atoms with Gasteiger partial charge in [0.05, 0.1) is 24.1 Å². The highest BCUT2D eigenvalue weighted by Gasteiger charge is 2.39. The van der Waals surface area contributed by atoms with Gasteiger partial charge in [0, 0.05) is 32.4 Å². The molecule has 7 heteroatoms. The lowest BCUT2D eigenvalue weighted by Crippen LogP contribution is -2.54. The van der Waals surface area contributed by atoms with E-state index in [1.807, 2.05) is 37.2 Å². The van der Waals surface area contributed by atoms with Crippen LogP contribution in [0.15, 0.2) is 66.7 Å². The van der Waals surface area contributed by atoms with Gasteiger partial charge in [-0.2, -0.15) is 0 Å². The number of ether oxygens (including phenoxy) is 2. The fraction of sp³-hybridized carbons (Fsp3) is 0.412. The number of nitrogens with one attached hydrogen (secondary N) is 1. The highest BCUT2D eigenvalue weighted by atomic mass is 16.5. The molecule has 2 amide bonds. The molecule has 2 aliphatic heterocycles. The molecule has 7 nitrogen and oxygen atoms in total. The minimum atomic E-state index is -0.289. The average molecular weight is 554 g/mol. The van der Waals surface area contributed by atoms with E-state index in [9.17, 15) is 9.59 Å². The maximum atomic E-state index is 13.7. The van der Waals surface area contributed by atoms with Crippen LogP contribution < -0.4 is 15.0 Å². The van der Waals surface area contributed by atoms with Crippen molar-refractivity contribution in [2.75, 3.05) is 25.6 Å². The predicted molar refractivity (Wildman–Crippen MR) is 159 cm³/mol. The van der Waals surface area contributed by atoms with Crippen molar-refractivity contribution in [1.82, 2.24) is 10.2 Å². The van der Waals surface area contributed by atoms with Crippen molar-refractivity contribution < 1.29 is 19.1 Å². The maximum absolute atomic E-state index is 13.7. The Morgan fingerprint density at radius 1 is 1.02 bits per heavy atom. The molecule has 41 heavy (non-hydrogen) atoms. The molecule has 0 radical (unpaired) electrons. The quantitative estimate of drug-likeness (QED) is 0.480. The first-order chi connectivity index (χ1) is 19.8. The Bertz CT molecular complexity index is 1400. The lowest BCUT2D eigenvalue weighted by Gasteiger charge is -2.42. The van der Waals surface area contributed by atoms with E-state index in [0.29, 0.717) is 24.3 Å². The van der Waals surface area contributed by atoms with E-state index in [0.717, 1.165) is 37.9 Å². The summed E-state index contributed by atoms with van der Waals surface area (Å²) < 4.78 is 12.6. The summed E-state index contributed by atoms with van der Waals surface area (Å²) in [5.74, 6) is 0.521. The van der Waals surface area contributed by atoms with Crippen molar-refractivity contribution in [3.8, 4) is 5.75 Å². The topological polar surface area (TPSA) is 71.1 Å². The van der Waals surface area contributed by atoms with E-state index in [2.05, 4.69) is 65.7 Å². The number of amides is 2. The van der Waals surface area contributed by atoms with E-state index >= 15 is 0 Å². The van der Waals surface area contributed by atoms with Crippen LogP contribution in [0.25, 0.3) is 0 Å². The van der Waals surface area contributed by atoms with E-state index in [4.69, 9.17) is 9.47 Å². The number of benzene rings is 3. The van der Waals surface area contributed by atoms with Crippen LogP contribution in [0.3, 0.4) is 0 Å². The summed E-state index contributed by atoms with van der Waals surface area (Å²) in [6.07, 6.45) is 3.09. The number of hydrogen-bond acceptors (Lipinski definition) is 5. The van der Waals surface area contributed by atoms with E-state index < -0.39 is 0 Å². The summed E-state index contributed by atoms with van der Waals surface area (Å²) in [7, 11) is 3.89. The van der Waals surface area contributed by atoms with Gasteiger partial charge in [-0.15, -0.1) is 0 Å². The molecule has 3 aliphatic rings. The summed E-state index contributed by atoms with van der Waals surface area (Å²) in [5.41, 5.74) is 6.61. The third-order valence-electron chi connectivity index (χ3n) is 8.81. The molecule has 3 atom stereocenters. The van der Waals surface area contributed by atoms with Gasteiger partial charge in [-0.05, 0) is 67.5 Å². The first kappa shape index (κ1) is 27.3. The van der Waals surface area contributed by atoms with Crippen molar-refractivity contribution in [1.29, 1.82) is 0 Å². The standard InChI is InChI=1S/C34H39N3O4/c1-22-8-10-23(11-9-22)20-36(2)27-12-15-31-29(18-27)34(39)37(3)30-14-13-28(41-32(30)21-40-31)19-33(38)35-26-16-24-6-4-5-7-25(24)17-26/h4-12,15,18,26,28,30,32H,13-14,16-17,19-21H2,1-3H3,(H,35,38)/t28-,30-,32-/m0/s1. The smallest absolute Gasteiger partial charge is 0.257 e. The second-order valence-corrected chi connectivity index (χ2v) is 11.8. The number of carbonyl (C=O) groups is 2. The van der Waals surface area contributed by atoms with Crippen molar-refractivity contribution in [3.63, 3.8) is 0 Å². The van der Waals surface area contributed by atoms with Crippen LogP contribution in [-0.4, -0.2) is 61.7 Å². The molecule has 6 rings (SSSR count). The van der Waals surface area contributed by atoms with Crippen LogP contribution in [0.1, 0.15) is 51.9 Å². The molecule has 0 aromatic heterocycles. The summed E-state index contributed by atoms with van der Waals surface area (Å²) in [6.45, 7) is 3.16. The second-order valence-electron chi connectivity index (χ2n) is 11.8. The molecule has 0 saturated carbocycles. The van der Waals surface area contributed by atoms with Crippen LogP contribution >= 0.6 is 0 Å². The number of likely N-dealkylation sites (N-methyl/N-ethyl adjacent to an activating group) is 1. The van der Waals surface area contributed by atoms with Crippen molar-refractivity contribution in [2.45, 2.75) is 69.9 Å². The number of hydrogen-bond donors (Lipinski definition) is 1. The highest BCUT2D eigenvalue weighted by Crippen LogP contribution is 2.33. The van der Waals surface area contributed by atoms with Crippen LogP contribution in [0.5, 0.6) is 5.75 Å². The summed E-state index contributed by atoms with van der Waals surface area (Å²) in [5, 5.41) is 3.21. The molecule has 3 aromatic rings. The summed E-state index contributed by atoms with van der Waals surface area (Å²) in [6, 6.07) is 22.7. The second kappa shape index (κ2) is 11.6. The summed E-state index contributed by atoms with van der Waals surface area (Å²) in [4.78, 5) is 30.5. The number of carbonyl (C=O) groups excluding carboxylic acids is 2. The molecule has 3 aromatic carbocycles. The summed E-state index contributed by atoms with van der Waals surface area (Å²) >= 11 is 0. The highest BCUT2D eigenvalue weighted by molar-refractivity contribution is 5.98. The fourth-order valence-electron chi connectivity index (χ4n) is 6.47. The lowest BCUT2D eigenvalue weighted by molar-refractivity contribution is -0.134. The molecule has 0 unspecified atom stereocenters. The van der Waals surface area contributed by atoms with Crippen LogP contribution in [-0.2, 0) is 28.9 Å². The molecular weight excluding hydrogens is 514 g/mol. The van der Waals surface area contributed by atoms with Gasteiger partial charge in [-0.25, -0.2) is 0 Å². The Kier molecular flexibility index (Phi) is 7.71. The van der Waals surface area contributed by atoms with Crippen molar-refractivity contribution in [3.05, 3.63) is 94.5 Å². The molecule has 214 valence electrons. The van der Waals surface area contributed by atoms with Crippen LogP contribution in [0.4, 0.5) is 5.69 Å². The Hall–Kier alpha value is -3.84. The zero-order valence-corrected chi connectivity index (χ0v) is 24.1. The molecule has 1 N–H and O–H groups in total. The van der Waals surface area contributed by atoms with Gasteiger partial charge in [0.15, 0.2) is 0 Å². The normalized spacial score (nSPS) is 22.1. The van der Waals surface area contributed by atoms with E-state index in [1.54, 1.807) is 0 Å². The molecule has 1 fully saturated rings. The van der Waals surface area contributed by atoms with Gasteiger partial charge in [0.2, 0.25) is 5.91 Å².